The second-order valence-corrected chi connectivity index (χ2v) is 11.8. The van der Waals surface area contributed by atoms with Crippen LogP contribution in [0.15, 0.2) is 70.2 Å². The summed E-state index contributed by atoms with van der Waals surface area (Å²) in [5, 5.41) is 0.564. The minimum atomic E-state index is -3.61. The van der Waals surface area contributed by atoms with Crippen molar-refractivity contribution in [3.05, 3.63) is 77.7 Å². The zero-order valence-corrected chi connectivity index (χ0v) is 21.3. The molecule has 0 radical (unpaired) electrons. The lowest BCUT2D eigenvalue weighted by molar-refractivity contribution is 0.0983. The maximum Gasteiger partial charge on any atom is 0.260 e. The van der Waals surface area contributed by atoms with Gasteiger partial charge in [-0.1, -0.05) is 29.9 Å². The molecule has 2 aromatic heterocycles. The lowest BCUT2D eigenvalue weighted by Crippen LogP contribution is -2.41. The molecule has 1 aliphatic rings. The van der Waals surface area contributed by atoms with Crippen molar-refractivity contribution in [3.63, 3.8) is 0 Å². The molecule has 0 spiro atoms. The monoisotopic (exact) mass is 509 g/mol. The van der Waals surface area contributed by atoms with Crippen LogP contribution < -0.4 is 4.90 Å². The average Bonchev–Trinajstić information content (AvgIpc) is 3.53. The molecule has 1 saturated heterocycles. The summed E-state index contributed by atoms with van der Waals surface area (Å²) in [6.45, 7) is 4.68. The zero-order chi connectivity index (χ0) is 24.6. The molecule has 2 aromatic carbocycles. The van der Waals surface area contributed by atoms with Crippen LogP contribution in [0.2, 0.25) is 0 Å². The first kappa shape index (κ1) is 23.7. The number of fused-ring (bicyclic) bond motifs is 1. The Morgan fingerprint density at radius 3 is 2.63 bits per heavy atom. The molecule has 182 valence electrons. The van der Waals surface area contributed by atoms with Crippen molar-refractivity contribution in [2.45, 2.75) is 50.6 Å². The molecule has 1 unspecified atom stereocenters. The van der Waals surface area contributed by atoms with E-state index in [0.29, 0.717) is 23.0 Å². The van der Waals surface area contributed by atoms with Crippen LogP contribution in [-0.4, -0.2) is 36.2 Å². The summed E-state index contributed by atoms with van der Waals surface area (Å²) in [7, 11) is -3.61. The smallest absolute Gasteiger partial charge is 0.260 e. The van der Waals surface area contributed by atoms with E-state index in [2.05, 4.69) is 0 Å². The quantitative estimate of drug-likeness (QED) is 0.337. The Labute approximate surface area is 209 Å². The highest BCUT2D eigenvalue weighted by atomic mass is 32.2. The van der Waals surface area contributed by atoms with E-state index in [1.54, 1.807) is 33.7 Å². The zero-order valence-electron chi connectivity index (χ0n) is 19.7. The van der Waals surface area contributed by atoms with Crippen molar-refractivity contribution in [2.24, 2.45) is 0 Å². The molecule has 0 saturated carbocycles. The van der Waals surface area contributed by atoms with Gasteiger partial charge in [-0.3, -0.25) is 9.69 Å². The summed E-state index contributed by atoms with van der Waals surface area (Å²) in [6.07, 6.45) is 4.34. The first-order valence-electron chi connectivity index (χ1n) is 11.7. The number of benzene rings is 2. The van der Waals surface area contributed by atoms with E-state index in [4.69, 9.17) is 9.40 Å². The summed E-state index contributed by atoms with van der Waals surface area (Å²) in [6, 6.07) is 15.7. The molecule has 9 heteroatoms. The van der Waals surface area contributed by atoms with Gasteiger partial charge in [0.2, 0.25) is 10.0 Å². The largest absolute Gasteiger partial charge is 0.467 e. The molecule has 5 rings (SSSR count). The number of anilines is 1. The number of carbonyl (C=O) groups is 1. The van der Waals surface area contributed by atoms with E-state index >= 15 is 0 Å². The third-order valence-electron chi connectivity index (χ3n) is 6.43. The minimum absolute atomic E-state index is 0.0265. The second kappa shape index (κ2) is 9.56. The van der Waals surface area contributed by atoms with Gasteiger partial charge in [-0.25, -0.2) is 13.4 Å². The number of amides is 1. The molecule has 1 amide bonds. The van der Waals surface area contributed by atoms with Gasteiger partial charge in [-0.15, -0.1) is 0 Å². The lowest BCUT2D eigenvalue weighted by Gasteiger charge is -2.32. The third-order valence-corrected chi connectivity index (χ3v) is 9.50. The summed E-state index contributed by atoms with van der Waals surface area (Å²) in [5.41, 5.74) is 2.29. The molecule has 7 nitrogen and oxygen atoms in total. The second-order valence-electron chi connectivity index (χ2n) is 8.87. The number of furan rings is 1. The normalized spacial score (nSPS) is 17.0. The van der Waals surface area contributed by atoms with Gasteiger partial charge in [-0.2, -0.15) is 4.31 Å². The molecular formula is C26H27N3O4S2. The van der Waals surface area contributed by atoms with Crippen LogP contribution in [0.4, 0.5) is 5.13 Å². The molecule has 0 aliphatic carbocycles. The molecule has 35 heavy (non-hydrogen) atoms. The van der Waals surface area contributed by atoms with Crippen LogP contribution >= 0.6 is 11.3 Å². The molecule has 0 N–H and O–H groups in total. The maximum absolute atomic E-state index is 13.6. The number of aromatic nitrogens is 1. The van der Waals surface area contributed by atoms with Crippen molar-refractivity contribution >= 4 is 42.6 Å². The van der Waals surface area contributed by atoms with Gasteiger partial charge in [-0.05, 0) is 74.7 Å². The van der Waals surface area contributed by atoms with Gasteiger partial charge in [0, 0.05) is 18.2 Å². The number of carbonyl (C=O) groups excluding carboxylic acids is 1. The van der Waals surface area contributed by atoms with Crippen LogP contribution in [0.25, 0.3) is 10.2 Å². The van der Waals surface area contributed by atoms with Crippen LogP contribution in [0.5, 0.6) is 0 Å². The Bertz CT molecular complexity index is 1440. The van der Waals surface area contributed by atoms with E-state index in [1.807, 2.05) is 38.1 Å². The molecule has 3 heterocycles. The number of nitrogens with zero attached hydrogens (tertiary/aromatic N) is 3. The van der Waals surface area contributed by atoms with E-state index in [1.165, 1.54) is 23.5 Å². The van der Waals surface area contributed by atoms with Gasteiger partial charge < -0.3 is 4.42 Å². The van der Waals surface area contributed by atoms with Crippen molar-refractivity contribution in [2.75, 3.05) is 11.4 Å². The van der Waals surface area contributed by atoms with Crippen LogP contribution in [0.1, 0.15) is 47.9 Å². The maximum atomic E-state index is 13.6. The first-order chi connectivity index (χ1) is 16.8. The Kier molecular flexibility index (Phi) is 6.48. The van der Waals surface area contributed by atoms with Gasteiger partial charge in [0.05, 0.1) is 27.9 Å². The molecule has 1 atom stereocenters. The number of rotatable bonds is 6. The van der Waals surface area contributed by atoms with E-state index in [0.717, 1.165) is 35.0 Å². The number of aryl methyl sites for hydroxylation is 1. The van der Waals surface area contributed by atoms with Crippen LogP contribution in [-0.2, 0) is 16.6 Å². The number of thiazole rings is 1. The van der Waals surface area contributed by atoms with Gasteiger partial charge in [0.1, 0.15) is 5.76 Å². The van der Waals surface area contributed by atoms with E-state index in [-0.39, 0.29) is 23.4 Å². The van der Waals surface area contributed by atoms with Gasteiger partial charge in [0.15, 0.2) is 5.13 Å². The van der Waals surface area contributed by atoms with E-state index < -0.39 is 10.0 Å². The predicted molar refractivity (Wildman–Crippen MR) is 137 cm³/mol. The van der Waals surface area contributed by atoms with Crippen molar-refractivity contribution in [3.8, 4) is 0 Å². The van der Waals surface area contributed by atoms with E-state index in [9.17, 15) is 13.2 Å². The highest BCUT2D eigenvalue weighted by Gasteiger charge is 2.31. The summed E-state index contributed by atoms with van der Waals surface area (Å²) in [4.78, 5) is 20.2. The Balaban J connectivity index is 1.47. The summed E-state index contributed by atoms with van der Waals surface area (Å²) in [5.74, 6) is 0.362. The summed E-state index contributed by atoms with van der Waals surface area (Å²) < 4.78 is 34.4. The van der Waals surface area contributed by atoms with Crippen molar-refractivity contribution in [1.82, 2.24) is 9.29 Å². The molecule has 0 bridgehead atoms. The predicted octanol–water partition coefficient (Wildman–Crippen LogP) is 5.61. The average molecular weight is 510 g/mol. The number of sulfonamides is 1. The fraction of sp³-hybridized carbons (Fsp3) is 0.308. The van der Waals surface area contributed by atoms with Gasteiger partial charge >= 0.3 is 0 Å². The molecule has 1 aliphatic heterocycles. The van der Waals surface area contributed by atoms with Crippen LogP contribution in [0, 0.1) is 6.92 Å². The standard InChI is InChI=1S/C26H27N3O4S2/c1-18-7-5-10-23-24(18)27-26(34-23)28(17-21-9-6-16-33-21)25(30)20-11-13-22(14-12-20)35(31,32)29-15-4-3-8-19(29)2/h5-7,9-14,16,19H,3-4,8,15,17H2,1-2H3. The number of para-hydroxylation sites is 1. The third kappa shape index (κ3) is 4.63. The Morgan fingerprint density at radius 2 is 1.94 bits per heavy atom. The first-order valence-corrected chi connectivity index (χ1v) is 13.9. The minimum Gasteiger partial charge on any atom is -0.467 e. The molecule has 4 aromatic rings. The van der Waals surface area contributed by atoms with Crippen molar-refractivity contribution in [1.29, 1.82) is 0 Å². The number of hydrogen-bond acceptors (Lipinski definition) is 6. The molecular weight excluding hydrogens is 482 g/mol. The Hall–Kier alpha value is -3.01. The topological polar surface area (TPSA) is 83.7 Å². The number of piperidine rings is 1. The fourth-order valence-electron chi connectivity index (χ4n) is 4.46. The lowest BCUT2D eigenvalue weighted by atomic mass is 10.1. The summed E-state index contributed by atoms with van der Waals surface area (Å²) >= 11 is 1.44. The molecule has 1 fully saturated rings. The highest BCUT2D eigenvalue weighted by molar-refractivity contribution is 7.89. The Morgan fingerprint density at radius 1 is 1.14 bits per heavy atom. The highest BCUT2D eigenvalue weighted by Crippen LogP contribution is 2.33. The number of hydrogen-bond donors (Lipinski definition) is 0. The SMILES string of the molecule is Cc1cccc2sc(N(Cc3ccco3)C(=O)c3ccc(S(=O)(=O)N4CCCCC4C)cc3)nc12. The van der Waals surface area contributed by atoms with Crippen LogP contribution in [0.3, 0.4) is 0 Å². The van der Waals surface area contributed by atoms with Gasteiger partial charge in [0.25, 0.3) is 5.91 Å². The van der Waals surface area contributed by atoms with Crippen molar-refractivity contribution < 1.29 is 17.6 Å². The fourth-order valence-corrected chi connectivity index (χ4v) is 7.20.